The fraction of sp³-hybridized carbons (Fsp3) is 0.314. The van der Waals surface area contributed by atoms with Crippen molar-refractivity contribution in [3.8, 4) is 11.5 Å². The van der Waals surface area contributed by atoms with Crippen LogP contribution in [-0.4, -0.2) is 51.9 Å². The van der Waals surface area contributed by atoms with Gasteiger partial charge in [0, 0.05) is 18.3 Å². The van der Waals surface area contributed by atoms with Crippen molar-refractivity contribution >= 4 is 7.37 Å². The number of ether oxygens (including phenoxy) is 2. The molecule has 0 spiro atoms. The van der Waals surface area contributed by atoms with Crippen molar-refractivity contribution in [3.05, 3.63) is 131 Å². The Bertz CT molecular complexity index is 1430. The van der Waals surface area contributed by atoms with E-state index in [-0.39, 0.29) is 25.7 Å². The number of aryl methyl sites for hydroxylation is 1. The second-order valence-corrected chi connectivity index (χ2v) is 13.3. The number of hydrogen-bond donors (Lipinski definition) is 3. The molecule has 0 fully saturated rings. The van der Waals surface area contributed by atoms with Gasteiger partial charge in [0.1, 0.15) is 11.5 Å². The van der Waals surface area contributed by atoms with Gasteiger partial charge < -0.3 is 29.4 Å². The summed E-state index contributed by atoms with van der Waals surface area (Å²) < 4.78 is 23.9. The highest BCUT2D eigenvalue weighted by atomic mass is 31.2. The van der Waals surface area contributed by atoms with Crippen molar-refractivity contribution < 1.29 is 34.0 Å². The lowest BCUT2D eigenvalue weighted by atomic mass is 10.1. The number of aliphatic hydroxyl groups excluding tert-OH is 2. The first-order chi connectivity index (χ1) is 21.3. The second-order valence-electron chi connectivity index (χ2n) is 10.9. The maximum absolute atomic E-state index is 12.6. The van der Waals surface area contributed by atoms with Gasteiger partial charge in [-0.15, -0.1) is 5.06 Å². The molecule has 0 saturated carbocycles. The van der Waals surface area contributed by atoms with Crippen LogP contribution in [0.3, 0.4) is 0 Å². The second kappa shape index (κ2) is 17.1. The SMILES string of the molecule is C[C@H](O)CN(CCc1ccc(OCP(=O)(O)CCCc2ccccc2)cc1)Oc1cccc([C@@H](O)OCc2ccccc2)c1. The van der Waals surface area contributed by atoms with Crippen molar-refractivity contribution in [1.82, 2.24) is 5.06 Å². The fourth-order valence-electron chi connectivity index (χ4n) is 4.61. The first-order valence-corrected chi connectivity index (χ1v) is 16.9. The maximum Gasteiger partial charge on any atom is 0.236 e. The van der Waals surface area contributed by atoms with Gasteiger partial charge in [-0.25, -0.2) is 0 Å². The van der Waals surface area contributed by atoms with Crippen LogP contribution in [0.4, 0.5) is 0 Å². The lowest BCUT2D eigenvalue weighted by molar-refractivity contribution is -0.112. The Morgan fingerprint density at radius 3 is 2.11 bits per heavy atom. The molecular weight excluding hydrogens is 577 g/mol. The Morgan fingerprint density at radius 1 is 0.773 bits per heavy atom. The molecule has 0 aliphatic carbocycles. The standard InChI is InChI=1S/C35H42NO7P/c1-28(37)25-36(43-34-16-8-15-32(24-34)35(38)41-26-31-12-6-3-7-13-31)22-21-30-17-19-33(20-18-30)42-27-44(39,40)23-9-14-29-10-4-2-5-11-29/h2-8,10-13,15-20,24,28,35,37-38H,9,14,21-23,25-27H2,1H3,(H,39,40)/t28-,35-/m0/s1. The summed E-state index contributed by atoms with van der Waals surface area (Å²) in [5.41, 5.74) is 3.70. The van der Waals surface area contributed by atoms with Crippen molar-refractivity contribution in [2.24, 2.45) is 0 Å². The van der Waals surface area contributed by atoms with E-state index in [4.69, 9.17) is 14.3 Å². The minimum Gasteiger partial charge on any atom is -0.484 e. The number of hydrogen-bond acceptors (Lipinski definition) is 7. The zero-order valence-corrected chi connectivity index (χ0v) is 26.0. The van der Waals surface area contributed by atoms with E-state index in [1.807, 2.05) is 72.8 Å². The van der Waals surface area contributed by atoms with E-state index in [1.54, 1.807) is 48.4 Å². The number of aliphatic hydroxyl groups is 2. The Morgan fingerprint density at radius 2 is 1.43 bits per heavy atom. The molecule has 4 aromatic carbocycles. The topological polar surface area (TPSA) is 109 Å². The quantitative estimate of drug-likeness (QED) is 0.0672. The van der Waals surface area contributed by atoms with Crippen molar-refractivity contribution in [2.75, 3.05) is 25.6 Å². The Labute approximate surface area is 259 Å². The van der Waals surface area contributed by atoms with E-state index in [1.165, 1.54) is 0 Å². The fourth-order valence-corrected chi connectivity index (χ4v) is 5.74. The predicted molar refractivity (Wildman–Crippen MR) is 172 cm³/mol. The highest BCUT2D eigenvalue weighted by Gasteiger charge is 2.19. The van der Waals surface area contributed by atoms with Gasteiger partial charge in [0.25, 0.3) is 0 Å². The Hall–Kier alpha value is -3.49. The van der Waals surface area contributed by atoms with Crippen LogP contribution < -0.4 is 9.57 Å². The van der Waals surface area contributed by atoms with Gasteiger partial charge >= 0.3 is 0 Å². The van der Waals surface area contributed by atoms with E-state index in [0.717, 1.165) is 23.1 Å². The van der Waals surface area contributed by atoms with E-state index in [9.17, 15) is 19.7 Å². The molecule has 0 bridgehead atoms. The molecule has 1 unspecified atom stereocenters. The molecule has 8 nitrogen and oxygen atoms in total. The van der Waals surface area contributed by atoms with Crippen molar-refractivity contribution in [3.63, 3.8) is 0 Å². The minimum absolute atomic E-state index is 0.210. The van der Waals surface area contributed by atoms with Crippen LogP contribution in [0, 0.1) is 0 Å². The summed E-state index contributed by atoms with van der Waals surface area (Å²) in [6.07, 6.45) is 0.274. The van der Waals surface area contributed by atoms with Crippen LogP contribution in [0.25, 0.3) is 0 Å². The largest absolute Gasteiger partial charge is 0.484 e. The molecule has 0 aromatic heterocycles. The molecule has 9 heteroatoms. The molecule has 0 aliphatic rings. The zero-order chi connectivity index (χ0) is 31.2. The third kappa shape index (κ3) is 11.9. The molecule has 3 N–H and O–H groups in total. The smallest absolute Gasteiger partial charge is 0.236 e. The maximum atomic E-state index is 12.6. The summed E-state index contributed by atoms with van der Waals surface area (Å²) in [5, 5.41) is 22.3. The lowest BCUT2D eigenvalue weighted by Crippen LogP contribution is -2.35. The van der Waals surface area contributed by atoms with Crippen LogP contribution in [0.15, 0.2) is 109 Å². The summed E-state index contributed by atoms with van der Waals surface area (Å²) in [6, 6.07) is 34.0. The average Bonchev–Trinajstić information content (AvgIpc) is 3.03. The number of rotatable bonds is 18. The van der Waals surface area contributed by atoms with Crippen molar-refractivity contribution in [1.29, 1.82) is 0 Å². The van der Waals surface area contributed by atoms with Gasteiger partial charge in [0.15, 0.2) is 12.6 Å². The van der Waals surface area contributed by atoms with Gasteiger partial charge in [-0.05, 0) is 67.1 Å². The molecule has 44 heavy (non-hydrogen) atoms. The molecular formula is C35H42NO7P. The van der Waals surface area contributed by atoms with Gasteiger partial charge in [0.2, 0.25) is 7.37 Å². The molecule has 0 aliphatic heterocycles. The first kappa shape index (κ1) is 33.4. The van der Waals surface area contributed by atoms with Crippen LogP contribution >= 0.6 is 7.37 Å². The van der Waals surface area contributed by atoms with Crippen LogP contribution in [0.5, 0.6) is 11.5 Å². The molecule has 0 heterocycles. The molecule has 4 aromatic rings. The molecule has 234 valence electrons. The molecule has 0 saturated heterocycles. The van der Waals surface area contributed by atoms with Gasteiger partial charge in [-0.3, -0.25) is 4.57 Å². The molecule has 0 amide bonds. The summed E-state index contributed by atoms with van der Waals surface area (Å²) in [4.78, 5) is 16.4. The summed E-state index contributed by atoms with van der Waals surface area (Å²) >= 11 is 0. The molecule has 0 radical (unpaired) electrons. The highest BCUT2D eigenvalue weighted by Crippen LogP contribution is 2.41. The number of nitrogens with zero attached hydrogens (tertiary/aromatic N) is 1. The number of benzene rings is 4. The average molecular weight is 620 g/mol. The van der Waals surface area contributed by atoms with E-state index < -0.39 is 19.8 Å². The van der Waals surface area contributed by atoms with Gasteiger partial charge in [0.05, 0.1) is 19.3 Å². The van der Waals surface area contributed by atoms with Gasteiger partial charge in [-0.1, -0.05) is 84.9 Å². The summed E-state index contributed by atoms with van der Waals surface area (Å²) in [7, 11) is -3.40. The minimum atomic E-state index is -3.40. The van der Waals surface area contributed by atoms with Crippen LogP contribution in [0.2, 0.25) is 0 Å². The molecule has 4 rings (SSSR count). The summed E-state index contributed by atoms with van der Waals surface area (Å²) in [5.74, 6) is 1.06. The van der Waals surface area contributed by atoms with E-state index in [0.29, 0.717) is 36.4 Å². The van der Waals surface area contributed by atoms with Crippen LogP contribution in [-0.2, 0) is 28.8 Å². The van der Waals surface area contributed by atoms with Crippen LogP contribution in [0.1, 0.15) is 41.9 Å². The normalized spacial score (nSPS) is 14.1. The van der Waals surface area contributed by atoms with E-state index in [2.05, 4.69) is 0 Å². The Balaban J connectivity index is 1.24. The lowest BCUT2D eigenvalue weighted by Gasteiger charge is -2.24. The number of hydroxylamine groups is 2. The van der Waals surface area contributed by atoms with E-state index >= 15 is 0 Å². The highest BCUT2D eigenvalue weighted by molar-refractivity contribution is 7.57. The summed E-state index contributed by atoms with van der Waals surface area (Å²) in [6.45, 7) is 2.75. The monoisotopic (exact) mass is 619 g/mol. The van der Waals surface area contributed by atoms with Crippen molar-refractivity contribution in [2.45, 2.75) is 45.2 Å². The molecule has 3 atom stereocenters. The Kier molecular flexibility index (Phi) is 13.0. The third-order valence-electron chi connectivity index (χ3n) is 6.92. The zero-order valence-electron chi connectivity index (χ0n) is 25.1. The third-order valence-corrected chi connectivity index (χ3v) is 8.47. The van der Waals surface area contributed by atoms with Gasteiger partial charge in [-0.2, -0.15) is 0 Å². The predicted octanol–water partition coefficient (Wildman–Crippen LogP) is 6.35. The first-order valence-electron chi connectivity index (χ1n) is 14.9.